The number of oxazole rings is 1. The second-order valence-corrected chi connectivity index (χ2v) is 7.33. The van der Waals surface area contributed by atoms with Crippen molar-refractivity contribution in [2.75, 3.05) is 0 Å². The fourth-order valence-electron chi connectivity index (χ4n) is 2.71. The van der Waals surface area contributed by atoms with Gasteiger partial charge in [-0.15, -0.1) is 11.3 Å². The fourth-order valence-corrected chi connectivity index (χ4v) is 3.51. The molecule has 1 aliphatic rings. The van der Waals surface area contributed by atoms with Crippen LogP contribution in [0.2, 0.25) is 0 Å². The Morgan fingerprint density at radius 3 is 2.85 bits per heavy atom. The van der Waals surface area contributed by atoms with Crippen molar-refractivity contribution in [3.8, 4) is 10.6 Å². The van der Waals surface area contributed by atoms with E-state index < -0.39 is 5.97 Å². The molecule has 0 atom stereocenters. The van der Waals surface area contributed by atoms with Gasteiger partial charge in [-0.05, 0) is 31.4 Å². The molecular weight excluding hydrogens is 366 g/mol. The van der Waals surface area contributed by atoms with E-state index in [1.54, 1.807) is 6.92 Å². The molecule has 0 radical (unpaired) electrons. The number of nitrogens with zero attached hydrogens (tertiary/aromatic N) is 2. The summed E-state index contributed by atoms with van der Waals surface area (Å²) in [5.74, 6) is -0.0683. The first-order valence-electron chi connectivity index (χ1n) is 8.55. The molecule has 1 saturated carbocycles. The number of nitrogens with one attached hydrogen (secondary N) is 1. The average Bonchev–Trinajstić information content (AvgIpc) is 3.24. The van der Waals surface area contributed by atoms with Gasteiger partial charge in [-0.3, -0.25) is 4.79 Å². The van der Waals surface area contributed by atoms with E-state index in [0.29, 0.717) is 29.1 Å². The molecule has 2 heterocycles. The summed E-state index contributed by atoms with van der Waals surface area (Å²) in [5.41, 5.74) is 2.33. The van der Waals surface area contributed by atoms with Crippen LogP contribution in [-0.2, 0) is 6.54 Å². The molecule has 2 aromatic heterocycles. The van der Waals surface area contributed by atoms with Crippen molar-refractivity contribution in [1.29, 1.82) is 0 Å². The number of rotatable bonds is 6. The highest BCUT2D eigenvalue weighted by Gasteiger charge is 2.30. The summed E-state index contributed by atoms with van der Waals surface area (Å²) in [6.07, 6.45) is 2.13. The summed E-state index contributed by atoms with van der Waals surface area (Å²) in [4.78, 5) is 31.8. The lowest BCUT2D eigenvalue weighted by Gasteiger charge is -2.05. The van der Waals surface area contributed by atoms with Crippen LogP contribution in [0.4, 0.5) is 0 Å². The van der Waals surface area contributed by atoms with Crippen molar-refractivity contribution in [2.45, 2.75) is 32.2 Å². The third-order valence-electron chi connectivity index (χ3n) is 4.30. The quantitative estimate of drug-likeness (QED) is 0.674. The number of carbonyl (C=O) groups excluding carboxylic acids is 1. The Bertz CT molecular complexity index is 1020. The number of benzene rings is 1. The monoisotopic (exact) mass is 383 g/mol. The molecule has 1 aliphatic carbocycles. The van der Waals surface area contributed by atoms with Gasteiger partial charge in [0, 0.05) is 23.4 Å². The molecule has 138 valence electrons. The zero-order chi connectivity index (χ0) is 19.0. The summed E-state index contributed by atoms with van der Waals surface area (Å²) in [5, 5.41) is 14.0. The van der Waals surface area contributed by atoms with Crippen molar-refractivity contribution in [1.82, 2.24) is 15.3 Å². The van der Waals surface area contributed by atoms with E-state index in [1.165, 1.54) is 16.7 Å². The Morgan fingerprint density at radius 1 is 1.33 bits per heavy atom. The summed E-state index contributed by atoms with van der Waals surface area (Å²) in [6.45, 7) is 2.09. The number of hydrogen-bond acceptors (Lipinski definition) is 6. The minimum absolute atomic E-state index is 0.0287. The second kappa shape index (κ2) is 6.96. The van der Waals surface area contributed by atoms with Gasteiger partial charge in [-0.25, -0.2) is 14.8 Å². The summed E-state index contributed by atoms with van der Waals surface area (Å²) < 4.78 is 5.62. The molecular formula is C19H17N3O4S. The summed E-state index contributed by atoms with van der Waals surface area (Å²) >= 11 is 1.27. The van der Waals surface area contributed by atoms with Crippen molar-refractivity contribution in [3.63, 3.8) is 0 Å². The highest BCUT2D eigenvalue weighted by Crippen LogP contribution is 2.40. The van der Waals surface area contributed by atoms with Gasteiger partial charge in [-0.2, -0.15) is 0 Å². The lowest BCUT2D eigenvalue weighted by Crippen LogP contribution is -2.23. The third kappa shape index (κ3) is 3.75. The highest BCUT2D eigenvalue weighted by atomic mass is 32.1. The van der Waals surface area contributed by atoms with E-state index in [4.69, 9.17) is 9.52 Å². The maximum absolute atomic E-state index is 12.4. The molecule has 0 spiro atoms. The van der Waals surface area contributed by atoms with Crippen LogP contribution in [0.15, 0.2) is 34.1 Å². The summed E-state index contributed by atoms with van der Waals surface area (Å²) in [6, 6.07) is 7.48. The number of carboxylic acids is 1. The Kier molecular flexibility index (Phi) is 4.49. The first-order chi connectivity index (χ1) is 13.0. The zero-order valence-corrected chi connectivity index (χ0v) is 15.4. The predicted octanol–water partition coefficient (Wildman–Crippen LogP) is 3.61. The van der Waals surface area contributed by atoms with Crippen molar-refractivity contribution < 1.29 is 19.1 Å². The van der Waals surface area contributed by atoms with Crippen LogP contribution in [-0.4, -0.2) is 27.0 Å². The van der Waals surface area contributed by atoms with Gasteiger partial charge in [-0.1, -0.05) is 18.2 Å². The fraction of sp³-hybridized carbons (Fsp3) is 0.263. The SMILES string of the molecule is Cc1nc(C2CC2)oc1C(=O)NCc1cccc(-c2nc(C(=O)O)cs2)c1. The first-order valence-corrected chi connectivity index (χ1v) is 9.43. The molecule has 3 aromatic rings. The van der Waals surface area contributed by atoms with E-state index in [-0.39, 0.29) is 17.4 Å². The van der Waals surface area contributed by atoms with Crippen molar-refractivity contribution >= 4 is 23.2 Å². The number of thiazole rings is 1. The first kappa shape index (κ1) is 17.4. The van der Waals surface area contributed by atoms with E-state index in [9.17, 15) is 9.59 Å². The molecule has 27 heavy (non-hydrogen) atoms. The van der Waals surface area contributed by atoms with Gasteiger partial charge < -0.3 is 14.8 Å². The molecule has 0 bridgehead atoms. The lowest BCUT2D eigenvalue weighted by molar-refractivity contribution is 0.0691. The molecule has 8 heteroatoms. The molecule has 1 amide bonds. The molecule has 1 fully saturated rings. The molecule has 4 rings (SSSR count). The van der Waals surface area contributed by atoms with Gasteiger partial charge in [0.2, 0.25) is 5.76 Å². The number of carbonyl (C=O) groups is 2. The normalized spacial score (nSPS) is 13.5. The maximum atomic E-state index is 12.4. The number of aromatic nitrogens is 2. The van der Waals surface area contributed by atoms with Crippen LogP contribution in [0.1, 0.15) is 57.0 Å². The minimum Gasteiger partial charge on any atom is -0.476 e. The largest absolute Gasteiger partial charge is 0.476 e. The van der Waals surface area contributed by atoms with Crippen molar-refractivity contribution in [3.05, 3.63) is 58.2 Å². The van der Waals surface area contributed by atoms with Crippen LogP contribution in [0.25, 0.3) is 10.6 Å². The number of carboxylic acid groups (broad SMARTS) is 1. The predicted molar refractivity (Wildman–Crippen MR) is 98.9 cm³/mol. The van der Waals surface area contributed by atoms with Gasteiger partial charge in [0.15, 0.2) is 11.6 Å². The van der Waals surface area contributed by atoms with Crippen LogP contribution < -0.4 is 5.32 Å². The minimum atomic E-state index is -1.05. The average molecular weight is 383 g/mol. The molecule has 0 unspecified atom stereocenters. The topological polar surface area (TPSA) is 105 Å². The number of aryl methyl sites for hydroxylation is 1. The van der Waals surface area contributed by atoms with Crippen LogP contribution in [0.3, 0.4) is 0 Å². The number of amides is 1. The molecule has 7 nitrogen and oxygen atoms in total. The van der Waals surface area contributed by atoms with E-state index in [0.717, 1.165) is 24.0 Å². The Morgan fingerprint density at radius 2 is 2.15 bits per heavy atom. The van der Waals surface area contributed by atoms with Gasteiger partial charge in [0.1, 0.15) is 5.01 Å². The van der Waals surface area contributed by atoms with E-state index in [2.05, 4.69) is 15.3 Å². The highest BCUT2D eigenvalue weighted by molar-refractivity contribution is 7.13. The Labute approximate surface area is 159 Å². The van der Waals surface area contributed by atoms with E-state index in [1.807, 2.05) is 24.3 Å². The molecule has 2 N–H and O–H groups in total. The summed E-state index contributed by atoms with van der Waals surface area (Å²) in [7, 11) is 0. The number of aromatic carboxylic acids is 1. The number of hydrogen-bond donors (Lipinski definition) is 2. The van der Waals surface area contributed by atoms with Gasteiger partial charge in [0.25, 0.3) is 5.91 Å². The molecule has 0 saturated heterocycles. The van der Waals surface area contributed by atoms with Gasteiger partial charge in [0.05, 0.1) is 5.69 Å². The maximum Gasteiger partial charge on any atom is 0.355 e. The molecule has 0 aliphatic heterocycles. The van der Waals surface area contributed by atoms with Gasteiger partial charge >= 0.3 is 5.97 Å². The van der Waals surface area contributed by atoms with E-state index >= 15 is 0 Å². The van der Waals surface area contributed by atoms with Crippen LogP contribution in [0.5, 0.6) is 0 Å². The van der Waals surface area contributed by atoms with Crippen molar-refractivity contribution in [2.24, 2.45) is 0 Å². The molecule has 1 aromatic carbocycles. The third-order valence-corrected chi connectivity index (χ3v) is 5.19. The van der Waals surface area contributed by atoms with Crippen LogP contribution >= 0.6 is 11.3 Å². The van der Waals surface area contributed by atoms with Crippen LogP contribution in [0, 0.1) is 6.92 Å². The standard InChI is InChI=1S/C19H17N3O4S/c1-10-15(26-17(21-10)12-5-6-12)16(23)20-8-11-3-2-4-13(7-11)18-22-14(9-27-18)19(24)25/h2-4,7,9,12H,5-6,8H2,1H3,(H,20,23)(H,24,25). The Balaban J connectivity index is 1.45. The Hall–Kier alpha value is -3.00. The lowest BCUT2D eigenvalue weighted by atomic mass is 10.1. The zero-order valence-electron chi connectivity index (χ0n) is 14.6. The smallest absolute Gasteiger partial charge is 0.355 e. The second-order valence-electron chi connectivity index (χ2n) is 6.47.